The van der Waals surface area contributed by atoms with Gasteiger partial charge in [-0.25, -0.2) is 13.8 Å². The van der Waals surface area contributed by atoms with Gasteiger partial charge in [-0.15, -0.1) is 0 Å². The summed E-state index contributed by atoms with van der Waals surface area (Å²) in [5, 5.41) is 10.5. The van der Waals surface area contributed by atoms with Gasteiger partial charge in [-0.05, 0) is 19.1 Å². The molecule has 0 spiro atoms. The predicted molar refractivity (Wildman–Crippen MR) is 95.2 cm³/mol. The summed E-state index contributed by atoms with van der Waals surface area (Å²) in [5.74, 6) is -0.326. The predicted octanol–water partition coefficient (Wildman–Crippen LogP) is 0.0498. The Bertz CT molecular complexity index is 1370. The number of hydrogen-bond donors (Lipinski definition) is 1. The lowest BCUT2D eigenvalue weighted by Crippen LogP contribution is -2.37. The van der Waals surface area contributed by atoms with Crippen LogP contribution in [0.1, 0.15) is 5.56 Å². The van der Waals surface area contributed by atoms with Crippen molar-refractivity contribution < 1.29 is 5.11 Å². The van der Waals surface area contributed by atoms with E-state index in [0.29, 0.717) is 5.69 Å². The maximum absolute atomic E-state index is 12.8. The summed E-state index contributed by atoms with van der Waals surface area (Å²) in [6.07, 6.45) is 0. The molecular weight excluding hydrogens is 338 g/mol. The second-order valence-corrected chi connectivity index (χ2v) is 6.05. The minimum absolute atomic E-state index is 0.0230. The van der Waals surface area contributed by atoms with E-state index in [0.717, 1.165) is 4.57 Å². The van der Waals surface area contributed by atoms with Crippen molar-refractivity contribution in [1.82, 2.24) is 23.1 Å². The monoisotopic (exact) mass is 353 g/mol. The van der Waals surface area contributed by atoms with Crippen molar-refractivity contribution in [3.63, 3.8) is 0 Å². The molecule has 132 valence electrons. The molecule has 9 heteroatoms. The fourth-order valence-corrected chi connectivity index (χ4v) is 3.07. The summed E-state index contributed by atoms with van der Waals surface area (Å²) in [7, 11) is 2.83. The molecule has 0 saturated carbocycles. The van der Waals surface area contributed by atoms with Crippen LogP contribution in [0.5, 0.6) is 5.88 Å². The zero-order valence-electron chi connectivity index (χ0n) is 14.3. The van der Waals surface area contributed by atoms with Crippen LogP contribution in [0.25, 0.3) is 22.6 Å². The van der Waals surface area contributed by atoms with Crippen LogP contribution in [0.3, 0.4) is 0 Å². The van der Waals surface area contributed by atoms with Crippen LogP contribution >= 0.6 is 0 Å². The standard InChI is InChI=1S/C17H15N5O4/c1-9-13(23)21(10-7-5-4-6-8-10)16-18-12-11(22(16)14(9)24)15(25)20(3)17(26)19(12)2/h4-8,24H,1-3H3. The van der Waals surface area contributed by atoms with E-state index in [1.54, 1.807) is 30.3 Å². The van der Waals surface area contributed by atoms with E-state index >= 15 is 0 Å². The van der Waals surface area contributed by atoms with Crippen molar-refractivity contribution in [3.8, 4) is 11.6 Å². The highest BCUT2D eigenvalue weighted by Crippen LogP contribution is 2.22. The fourth-order valence-electron chi connectivity index (χ4n) is 3.07. The molecule has 1 aromatic carbocycles. The number of benzene rings is 1. The van der Waals surface area contributed by atoms with E-state index in [9.17, 15) is 19.5 Å². The van der Waals surface area contributed by atoms with Crippen molar-refractivity contribution >= 4 is 16.9 Å². The molecule has 0 aliphatic carbocycles. The summed E-state index contributed by atoms with van der Waals surface area (Å²) in [5.41, 5.74) is -0.908. The number of aromatic nitrogens is 5. The van der Waals surface area contributed by atoms with Crippen LogP contribution < -0.4 is 16.8 Å². The van der Waals surface area contributed by atoms with Crippen LogP contribution in [0.2, 0.25) is 0 Å². The van der Waals surface area contributed by atoms with Crippen LogP contribution in [0.15, 0.2) is 44.7 Å². The molecule has 26 heavy (non-hydrogen) atoms. The lowest BCUT2D eigenvalue weighted by atomic mass is 10.3. The topological polar surface area (TPSA) is 104 Å². The number of aryl methyl sites for hydroxylation is 1. The Balaban J connectivity index is 2.39. The first-order valence-corrected chi connectivity index (χ1v) is 7.82. The highest BCUT2D eigenvalue weighted by Gasteiger charge is 2.23. The summed E-state index contributed by atoms with van der Waals surface area (Å²) >= 11 is 0. The molecule has 0 atom stereocenters. The number of imidazole rings is 1. The molecular formula is C17H15N5O4. The van der Waals surface area contributed by atoms with Crippen molar-refractivity contribution in [2.24, 2.45) is 14.1 Å². The Morgan fingerprint density at radius 3 is 2.27 bits per heavy atom. The quantitative estimate of drug-likeness (QED) is 0.521. The van der Waals surface area contributed by atoms with Crippen molar-refractivity contribution in [3.05, 3.63) is 67.1 Å². The normalized spacial score (nSPS) is 11.5. The maximum Gasteiger partial charge on any atom is 0.332 e. The molecule has 0 fully saturated rings. The summed E-state index contributed by atoms with van der Waals surface area (Å²) in [4.78, 5) is 42.0. The number of para-hydroxylation sites is 1. The van der Waals surface area contributed by atoms with Gasteiger partial charge in [0.1, 0.15) is 0 Å². The lowest BCUT2D eigenvalue weighted by Gasteiger charge is -2.11. The van der Waals surface area contributed by atoms with Crippen LogP contribution in [-0.4, -0.2) is 28.2 Å². The Hall–Kier alpha value is -3.62. The van der Waals surface area contributed by atoms with E-state index in [-0.39, 0.29) is 28.4 Å². The van der Waals surface area contributed by atoms with E-state index in [1.165, 1.54) is 34.6 Å². The Morgan fingerprint density at radius 2 is 1.62 bits per heavy atom. The summed E-state index contributed by atoms with van der Waals surface area (Å²) in [6, 6.07) is 8.76. The first kappa shape index (κ1) is 15.9. The fraction of sp³-hybridized carbons (Fsp3) is 0.176. The van der Waals surface area contributed by atoms with Crippen molar-refractivity contribution in [2.45, 2.75) is 6.92 Å². The molecule has 4 rings (SSSR count). The van der Waals surface area contributed by atoms with Gasteiger partial charge < -0.3 is 5.11 Å². The zero-order chi connectivity index (χ0) is 18.7. The number of rotatable bonds is 1. The Kier molecular flexibility index (Phi) is 3.17. The second kappa shape index (κ2) is 5.19. The molecule has 0 saturated heterocycles. The third-order valence-corrected chi connectivity index (χ3v) is 4.53. The van der Waals surface area contributed by atoms with Gasteiger partial charge >= 0.3 is 5.69 Å². The molecule has 0 unspecified atom stereocenters. The van der Waals surface area contributed by atoms with Crippen molar-refractivity contribution in [2.75, 3.05) is 0 Å². The summed E-state index contributed by atoms with van der Waals surface area (Å²) < 4.78 is 4.65. The smallest absolute Gasteiger partial charge is 0.332 e. The largest absolute Gasteiger partial charge is 0.494 e. The minimum atomic E-state index is -0.608. The van der Waals surface area contributed by atoms with Gasteiger partial charge in [0.15, 0.2) is 11.2 Å². The van der Waals surface area contributed by atoms with Crippen molar-refractivity contribution in [1.29, 1.82) is 0 Å². The average Bonchev–Trinajstić information content (AvgIpc) is 3.04. The Morgan fingerprint density at radius 1 is 0.962 bits per heavy atom. The SMILES string of the molecule is Cc1c(O)n2c3c(=O)n(C)c(=O)n(C)c3nc2n(-c2ccccc2)c1=O. The lowest BCUT2D eigenvalue weighted by molar-refractivity contribution is 0.439. The van der Waals surface area contributed by atoms with Gasteiger partial charge in [0.05, 0.1) is 11.3 Å². The van der Waals surface area contributed by atoms with Crippen LogP contribution in [0, 0.1) is 6.92 Å². The van der Waals surface area contributed by atoms with E-state index in [2.05, 4.69) is 4.98 Å². The zero-order valence-corrected chi connectivity index (χ0v) is 14.3. The van der Waals surface area contributed by atoms with Crippen LogP contribution in [-0.2, 0) is 14.1 Å². The number of nitrogens with zero attached hydrogens (tertiary/aromatic N) is 5. The van der Waals surface area contributed by atoms with Gasteiger partial charge in [0.2, 0.25) is 11.7 Å². The average molecular weight is 353 g/mol. The minimum Gasteiger partial charge on any atom is -0.494 e. The van der Waals surface area contributed by atoms with E-state index in [4.69, 9.17) is 0 Å². The third kappa shape index (κ3) is 1.85. The molecule has 0 aliphatic rings. The molecule has 3 heterocycles. The molecule has 9 nitrogen and oxygen atoms in total. The highest BCUT2D eigenvalue weighted by molar-refractivity contribution is 5.77. The van der Waals surface area contributed by atoms with Gasteiger partial charge in [-0.2, -0.15) is 4.98 Å². The second-order valence-electron chi connectivity index (χ2n) is 6.05. The summed E-state index contributed by atoms with van der Waals surface area (Å²) in [6.45, 7) is 1.47. The number of hydrogen-bond acceptors (Lipinski definition) is 5. The van der Waals surface area contributed by atoms with Gasteiger partial charge in [0.25, 0.3) is 11.1 Å². The molecule has 0 amide bonds. The molecule has 1 N–H and O–H groups in total. The molecule has 0 aliphatic heterocycles. The first-order chi connectivity index (χ1) is 12.3. The van der Waals surface area contributed by atoms with E-state index in [1.807, 2.05) is 0 Å². The third-order valence-electron chi connectivity index (χ3n) is 4.53. The number of aromatic hydroxyl groups is 1. The van der Waals surface area contributed by atoms with Gasteiger partial charge in [-0.3, -0.25) is 18.7 Å². The van der Waals surface area contributed by atoms with Gasteiger partial charge in [0, 0.05) is 14.1 Å². The van der Waals surface area contributed by atoms with Gasteiger partial charge in [-0.1, -0.05) is 18.2 Å². The molecule has 0 radical (unpaired) electrons. The first-order valence-electron chi connectivity index (χ1n) is 7.82. The van der Waals surface area contributed by atoms with E-state index < -0.39 is 16.8 Å². The molecule has 4 aromatic rings. The molecule has 0 bridgehead atoms. The number of fused-ring (bicyclic) bond motifs is 3. The molecule has 3 aromatic heterocycles. The highest BCUT2D eigenvalue weighted by atomic mass is 16.3. The Labute approximate surface area is 145 Å². The van der Waals surface area contributed by atoms with Crippen LogP contribution in [0.4, 0.5) is 0 Å². The maximum atomic E-state index is 12.8.